The summed E-state index contributed by atoms with van der Waals surface area (Å²) in [6.45, 7) is 0. The molecule has 0 saturated carbocycles. The highest BCUT2D eigenvalue weighted by molar-refractivity contribution is 7.95. The first-order valence-corrected chi connectivity index (χ1v) is 9.59. The van der Waals surface area contributed by atoms with Gasteiger partial charge in [-0.2, -0.15) is 0 Å². The van der Waals surface area contributed by atoms with Gasteiger partial charge in [0.25, 0.3) is 0 Å². The Morgan fingerprint density at radius 3 is 2.43 bits per heavy atom. The van der Waals surface area contributed by atoms with E-state index in [-0.39, 0.29) is 16.5 Å². The molecule has 1 rings (SSSR count). The number of nitrogens with one attached hydrogen (secondary N) is 1. The van der Waals surface area contributed by atoms with Crippen molar-refractivity contribution in [3.63, 3.8) is 0 Å². The molecule has 0 amide bonds. The van der Waals surface area contributed by atoms with E-state index in [0.717, 1.165) is 6.26 Å². The number of amidine groups is 1. The standard InChI is InChI=1S/C10H14ClN3O5S2/c1-20(16,17)4-5-21(18,19)14-9-3-2-7(6-8(9)11)10(12)13-15/h2-3,6,14-15H,4-5H2,1H3,(H2,12,13). The fraction of sp³-hybridized carbons (Fsp3) is 0.300. The van der Waals surface area contributed by atoms with Gasteiger partial charge in [0.1, 0.15) is 9.84 Å². The number of sulfonamides is 1. The van der Waals surface area contributed by atoms with Gasteiger partial charge in [-0.1, -0.05) is 16.8 Å². The van der Waals surface area contributed by atoms with E-state index >= 15 is 0 Å². The van der Waals surface area contributed by atoms with Crippen LogP contribution in [0.15, 0.2) is 23.4 Å². The Labute approximate surface area is 127 Å². The molecule has 0 aliphatic carbocycles. The summed E-state index contributed by atoms with van der Waals surface area (Å²) in [5.41, 5.74) is 5.75. The van der Waals surface area contributed by atoms with Crippen LogP contribution < -0.4 is 10.5 Å². The van der Waals surface area contributed by atoms with Crippen molar-refractivity contribution in [2.24, 2.45) is 10.9 Å². The molecule has 0 unspecified atom stereocenters. The highest BCUT2D eigenvalue weighted by atomic mass is 35.5. The minimum atomic E-state index is -3.85. The maximum atomic E-state index is 11.8. The Balaban J connectivity index is 2.93. The molecule has 8 nitrogen and oxygen atoms in total. The van der Waals surface area contributed by atoms with Gasteiger partial charge in [0.2, 0.25) is 10.0 Å². The van der Waals surface area contributed by atoms with Crippen LogP contribution in [0, 0.1) is 0 Å². The molecule has 1 aromatic rings. The van der Waals surface area contributed by atoms with Gasteiger partial charge in [-0.25, -0.2) is 16.8 Å². The highest BCUT2D eigenvalue weighted by Crippen LogP contribution is 2.24. The van der Waals surface area contributed by atoms with Crippen LogP contribution in [-0.4, -0.2) is 45.6 Å². The van der Waals surface area contributed by atoms with Crippen LogP contribution in [0.4, 0.5) is 5.69 Å². The zero-order chi connectivity index (χ0) is 16.3. The first-order chi connectivity index (χ1) is 9.54. The largest absolute Gasteiger partial charge is 0.409 e. The Hall–Kier alpha value is -1.52. The number of anilines is 1. The van der Waals surface area contributed by atoms with E-state index < -0.39 is 31.4 Å². The molecule has 1 aromatic carbocycles. The van der Waals surface area contributed by atoms with Crippen molar-refractivity contribution in [2.45, 2.75) is 0 Å². The third-order valence-corrected chi connectivity index (χ3v) is 5.15. The molecular formula is C10H14ClN3O5S2. The summed E-state index contributed by atoms with van der Waals surface area (Å²) in [6, 6.07) is 4.04. The minimum Gasteiger partial charge on any atom is -0.409 e. The fourth-order valence-corrected chi connectivity index (χ4v) is 4.28. The molecule has 118 valence electrons. The molecule has 4 N–H and O–H groups in total. The first-order valence-electron chi connectivity index (χ1n) is 5.50. The number of hydrogen-bond acceptors (Lipinski definition) is 6. The Bertz CT molecular complexity index is 759. The maximum Gasteiger partial charge on any atom is 0.233 e. The number of hydrogen-bond donors (Lipinski definition) is 3. The number of oxime groups is 1. The summed E-state index contributed by atoms with van der Waals surface area (Å²) in [7, 11) is -7.25. The lowest BCUT2D eigenvalue weighted by atomic mass is 10.2. The number of nitrogens with zero attached hydrogens (tertiary/aromatic N) is 1. The molecule has 0 heterocycles. The third-order valence-electron chi connectivity index (χ3n) is 2.36. The Morgan fingerprint density at radius 1 is 1.33 bits per heavy atom. The van der Waals surface area contributed by atoms with Crippen LogP contribution in [0.2, 0.25) is 5.02 Å². The van der Waals surface area contributed by atoms with Crippen molar-refractivity contribution in [3.8, 4) is 0 Å². The summed E-state index contributed by atoms with van der Waals surface area (Å²) in [5, 5.41) is 11.4. The normalized spacial score (nSPS) is 13.1. The van der Waals surface area contributed by atoms with Crippen molar-refractivity contribution in [2.75, 3.05) is 22.5 Å². The van der Waals surface area contributed by atoms with Crippen molar-refractivity contribution >= 4 is 43.0 Å². The van der Waals surface area contributed by atoms with Gasteiger partial charge in [-0.15, -0.1) is 0 Å². The fourth-order valence-electron chi connectivity index (χ4n) is 1.29. The average Bonchev–Trinajstić information content (AvgIpc) is 2.37. The lowest BCUT2D eigenvalue weighted by molar-refractivity contribution is 0.318. The van der Waals surface area contributed by atoms with E-state index in [1.807, 2.05) is 0 Å². The molecule has 0 atom stereocenters. The lowest BCUT2D eigenvalue weighted by Gasteiger charge is -2.10. The third kappa shape index (κ3) is 5.78. The van der Waals surface area contributed by atoms with Crippen LogP contribution in [0.1, 0.15) is 5.56 Å². The number of halogens is 1. The molecule has 21 heavy (non-hydrogen) atoms. The van der Waals surface area contributed by atoms with Gasteiger partial charge in [0, 0.05) is 11.8 Å². The van der Waals surface area contributed by atoms with Crippen LogP contribution in [0.25, 0.3) is 0 Å². The predicted octanol–water partition coefficient (Wildman–Crippen LogP) is 0.221. The number of nitrogens with two attached hydrogens (primary N) is 1. The number of sulfone groups is 1. The van der Waals surface area contributed by atoms with Crippen molar-refractivity contribution in [1.29, 1.82) is 0 Å². The second-order valence-electron chi connectivity index (χ2n) is 4.23. The van der Waals surface area contributed by atoms with Gasteiger partial charge in [0.15, 0.2) is 5.84 Å². The van der Waals surface area contributed by atoms with Crippen LogP contribution in [0.5, 0.6) is 0 Å². The predicted molar refractivity (Wildman–Crippen MR) is 81.1 cm³/mol. The summed E-state index contributed by atoms with van der Waals surface area (Å²) < 4.78 is 47.6. The van der Waals surface area contributed by atoms with E-state index in [1.165, 1.54) is 18.2 Å². The molecular weight excluding hydrogens is 342 g/mol. The number of benzene rings is 1. The second-order valence-corrected chi connectivity index (χ2v) is 8.74. The molecule has 11 heteroatoms. The summed E-state index contributed by atoms with van der Waals surface area (Å²) in [6.07, 6.45) is 0.946. The Morgan fingerprint density at radius 2 is 1.95 bits per heavy atom. The minimum absolute atomic E-state index is 0.0297. The second kappa shape index (κ2) is 6.50. The van der Waals surface area contributed by atoms with Crippen LogP contribution in [0.3, 0.4) is 0 Å². The Kier molecular flexibility index (Phi) is 5.42. The van der Waals surface area contributed by atoms with Gasteiger partial charge in [-0.05, 0) is 18.2 Å². The smallest absolute Gasteiger partial charge is 0.233 e. The summed E-state index contributed by atoms with van der Waals surface area (Å²) in [5.74, 6) is -1.25. The molecule has 0 aromatic heterocycles. The molecule has 0 spiro atoms. The molecule has 0 aliphatic rings. The van der Waals surface area contributed by atoms with E-state index in [1.54, 1.807) is 0 Å². The SMILES string of the molecule is CS(=O)(=O)CCS(=O)(=O)Nc1ccc(/C(N)=N/O)cc1Cl. The maximum absolute atomic E-state index is 11.8. The molecule has 0 saturated heterocycles. The van der Waals surface area contributed by atoms with Gasteiger partial charge in [0.05, 0.1) is 22.2 Å². The highest BCUT2D eigenvalue weighted by Gasteiger charge is 2.16. The van der Waals surface area contributed by atoms with Crippen molar-refractivity contribution in [3.05, 3.63) is 28.8 Å². The average molecular weight is 356 g/mol. The zero-order valence-electron chi connectivity index (χ0n) is 10.9. The molecule has 0 radical (unpaired) electrons. The van der Waals surface area contributed by atoms with Crippen molar-refractivity contribution < 1.29 is 22.0 Å². The van der Waals surface area contributed by atoms with E-state index in [0.29, 0.717) is 5.56 Å². The van der Waals surface area contributed by atoms with E-state index in [2.05, 4.69) is 9.88 Å². The van der Waals surface area contributed by atoms with Crippen molar-refractivity contribution in [1.82, 2.24) is 0 Å². The monoisotopic (exact) mass is 355 g/mol. The first kappa shape index (κ1) is 17.5. The quantitative estimate of drug-likeness (QED) is 0.289. The molecule has 0 fully saturated rings. The van der Waals surface area contributed by atoms with E-state index in [9.17, 15) is 16.8 Å². The van der Waals surface area contributed by atoms with E-state index in [4.69, 9.17) is 22.5 Å². The van der Waals surface area contributed by atoms with Crippen LogP contribution in [-0.2, 0) is 19.9 Å². The number of rotatable bonds is 6. The topological polar surface area (TPSA) is 139 Å². The lowest BCUT2D eigenvalue weighted by Crippen LogP contribution is -2.22. The van der Waals surface area contributed by atoms with Gasteiger partial charge >= 0.3 is 0 Å². The zero-order valence-corrected chi connectivity index (χ0v) is 13.3. The van der Waals surface area contributed by atoms with Crippen LogP contribution >= 0.6 is 11.6 Å². The molecule has 0 aliphatic heterocycles. The van der Waals surface area contributed by atoms with Gasteiger partial charge in [-0.3, -0.25) is 4.72 Å². The van der Waals surface area contributed by atoms with Gasteiger partial charge < -0.3 is 10.9 Å². The molecule has 0 bridgehead atoms. The summed E-state index contributed by atoms with van der Waals surface area (Å²) >= 11 is 5.89. The summed E-state index contributed by atoms with van der Waals surface area (Å²) in [4.78, 5) is 0.